The van der Waals surface area contributed by atoms with E-state index in [2.05, 4.69) is 27.1 Å². The molecule has 1 aromatic heterocycles. The SMILES string of the molecule is Cc1ccc(C2=CN=C3C=NC=CC23)cn1. The van der Waals surface area contributed by atoms with Crippen LogP contribution >= 0.6 is 0 Å². The van der Waals surface area contributed by atoms with Gasteiger partial charge in [0.2, 0.25) is 0 Å². The Labute approximate surface area is 94.0 Å². The Bertz CT molecular complexity index is 533. The van der Waals surface area contributed by atoms with E-state index in [0.29, 0.717) is 0 Å². The summed E-state index contributed by atoms with van der Waals surface area (Å²) in [5.41, 5.74) is 4.38. The van der Waals surface area contributed by atoms with Gasteiger partial charge in [-0.1, -0.05) is 12.1 Å². The summed E-state index contributed by atoms with van der Waals surface area (Å²) in [4.78, 5) is 12.8. The molecule has 0 bridgehead atoms. The van der Waals surface area contributed by atoms with Crippen LogP contribution in [0.5, 0.6) is 0 Å². The Morgan fingerprint density at radius 3 is 3.00 bits per heavy atom. The second kappa shape index (κ2) is 3.52. The summed E-state index contributed by atoms with van der Waals surface area (Å²) in [6.45, 7) is 1.99. The van der Waals surface area contributed by atoms with Crippen LogP contribution < -0.4 is 0 Å². The maximum absolute atomic E-state index is 4.36. The van der Waals surface area contributed by atoms with Gasteiger partial charge in [0.05, 0.1) is 5.71 Å². The molecule has 1 aromatic rings. The lowest BCUT2D eigenvalue weighted by atomic mass is 9.91. The largest absolute Gasteiger partial charge is 0.263 e. The van der Waals surface area contributed by atoms with Crippen molar-refractivity contribution < 1.29 is 0 Å². The molecule has 0 aromatic carbocycles. The molecule has 0 N–H and O–H groups in total. The molecule has 16 heavy (non-hydrogen) atoms. The van der Waals surface area contributed by atoms with E-state index in [1.807, 2.05) is 37.8 Å². The average Bonchev–Trinajstić information content (AvgIpc) is 2.74. The highest BCUT2D eigenvalue weighted by Gasteiger charge is 2.24. The molecule has 0 fully saturated rings. The van der Waals surface area contributed by atoms with E-state index >= 15 is 0 Å². The smallest absolute Gasteiger partial charge is 0.0700 e. The summed E-state index contributed by atoms with van der Waals surface area (Å²) in [6, 6.07) is 4.11. The van der Waals surface area contributed by atoms with Gasteiger partial charge in [-0.15, -0.1) is 0 Å². The fourth-order valence-corrected chi connectivity index (χ4v) is 1.93. The molecule has 0 amide bonds. The van der Waals surface area contributed by atoms with Crippen LogP contribution in [0.2, 0.25) is 0 Å². The number of aromatic nitrogens is 1. The van der Waals surface area contributed by atoms with E-state index in [4.69, 9.17) is 0 Å². The highest BCUT2D eigenvalue weighted by atomic mass is 14.8. The fourth-order valence-electron chi connectivity index (χ4n) is 1.93. The van der Waals surface area contributed by atoms with Crippen molar-refractivity contribution in [3.05, 3.63) is 48.1 Å². The topological polar surface area (TPSA) is 37.6 Å². The number of allylic oxidation sites excluding steroid dienone is 2. The van der Waals surface area contributed by atoms with E-state index < -0.39 is 0 Å². The van der Waals surface area contributed by atoms with Crippen LogP contribution in [0.25, 0.3) is 5.57 Å². The van der Waals surface area contributed by atoms with Crippen LogP contribution in [-0.2, 0) is 0 Å². The van der Waals surface area contributed by atoms with E-state index in [0.717, 1.165) is 17.0 Å². The lowest BCUT2D eigenvalue weighted by Crippen LogP contribution is -2.14. The number of pyridine rings is 1. The maximum atomic E-state index is 4.36. The number of hydrogen-bond donors (Lipinski definition) is 0. The van der Waals surface area contributed by atoms with Gasteiger partial charge in [-0.05, 0) is 24.1 Å². The Morgan fingerprint density at radius 1 is 1.25 bits per heavy atom. The zero-order chi connectivity index (χ0) is 11.0. The Hall–Kier alpha value is -2.03. The van der Waals surface area contributed by atoms with Crippen LogP contribution in [0.3, 0.4) is 0 Å². The van der Waals surface area contributed by atoms with E-state index in [1.165, 1.54) is 5.57 Å². The summed E-state index contributed by atoms with van der Waals surface area (Å²) >= 11 is 0. The highest BCUT2D eigenvalue weighted by molar-refractivity contribution is 6.36. The van der Waals surface area contributed by atoms with Gasteiger partial charge in [-0.2, -0.15) is 0 Å². The Kier molecular flexibility index (Phi) is 2.03. The van der Waals surface area contributed by atoms with E-state index in [1.54, 1.807) is 0 Å². The number of aryl methyl sites for hydroxylation is 1. The van der Waals surface area contributed by atoms with Gasteiger partial charge in [-0.25, -0.2) is 0 Å². The first kappa shape index (κ1) is 9.21. The minimum atomic E-state index is 0.252. The van der Waals surface area contributed by atoms with Crippen molar-refractivity contribution in [3.63, 3.8) is 0 Å². The average molecular weight is 209 g/mol. The first-order valence-corrected chi connectivity index (χ1v) is 5.25. The van der Waals surface area contributed by atoms with Gasteiger partial charge in [0.15, 0.2) is 0 Å². The second-order valence-electron chi connectivity index (χ2n) is 3.92. The lowest BCUT2D eigenvalue weighted by Gasteiger charge is -2.13. The molecule has 0 aliphatic carbocycles. The van der Waals surface area contributed by atoms with Crippen molar-refractivity contribution in [3.8, 4) is 0 Å². The molecule has 0 saturated heterocycles. The number of fused-ring (bicyclic) bond motifs is 1. The molecular weight excluding hydrogens is 198 g/mol. The summed E-state index contributed by atoms with van der Waals surface area (Å²) in [7, 11) is 0. The van der Waals surface area contributed by atoms with Gasteiger partial charge in [0, 0.05) is 36.4 Å². The van der Waals surface area contributed by atoms with Gasteiger partial charge < -0.3 is 0 Å². The quantitative estimate of drug-likeness (QED) is 0.699. The maximum Gasteiger partial charge on any atom is 0.0700 e. The molecule has 3 heterocycles. The predicted molar refractivity (Wildman–Crippen MR) is 65.5 cm³/mol. The fraction of sp³-hybridized carbons (Fsp3) is 0.154. The van der Waals surface area contributed by atoms with Crippen LogP contribution in [0.4, 0.5) is 0 Å². The molecular formula is C13H11N3. The first-order chi connectivity index (χ1) is 7.84. The van der Waals surface area contributed by atoms with Crippen LogP contribution in [0.15, 0.2) is 46.8 Å². The predicted octanol–water partition coefficient (Wildman–Crippen LogP) is 2.40. The zero-order valence-electron chi connectivity index (χ0n) is 8.96. The molecule has 1 unspecified atom stereocenters. The minimum absolute atomic E-state index is 0.252. The standard InChI is InChI=1S/C13H11N3/c1-9-2-3-10(6-15-9)12-7-16-13-8-14-5-4-11(12)13/h2-8,11H,1H3. The Balaban J connectivity index is 1.96. The van der Waals surface area contributed by atoms with Crippen molar-refractivity contribution in [1.29, 1.82) is 0 Å². The molecule has 3 rings (SSSR count). The van der Waals surface area contributed by atoms with Gasteiger partial charge >= 0.3 is 0 Å². The van der Waals surface area contributed by atoms with Crippen LogP contribution in [0.1, 0.15) is 11.3 Å². The molecule has 3 nitrogen and oxygen atoms in total. The number of rotatable bonds is 1. The van der Waals surface area contributed by atoms with Crippen LogP contribution in [-0.4, -0.2) is 16.9 Å². The van der Waals surface area contributed by atoms with Gasteiger partial charge in [-0.3, -0.25) is 15.0 Å². The van der Waals surface area contributed by atoms with Crippen molar-refractivity contribution in [1.82, 2.24) is 4.98 Å². The van der Waals surface area contributed by atoms with Crippen molar-refractivity contribution >= 4 is 17.5 Å². The third-order valence-electron chi connectivity index (χ3n) is 2.82. The monoisotopic (exact) mass is 209 g/mol. The molecule has 3 heteroatoms. The minimum Gasteiger partial charge on any atom is -0.263 e. The molecule has 0 radical (unpaired) electrons. The van der Waals surface area contributed by atoms with E-state index in [-0.39, 0.29) is 5.92 Å². The van der Waals surface area contributed by atoms with Crippen molar-refractivity contribution in [2.45, 2.75) is 6.92 Å². The van der Waals surface area contributed by atoms with Crippen molar-refractivity contribution in [2.24, 2.45) is 15.9 Å². The van der Waals surface area contributed by atoms with Crippen molar-refractivity contribution in [2.75, 3.05) is 0 Å². The molecule has 0 saturated carbocycles. The number of nitrogens with zero attached hydrogens (tertiary/aromatic N) is 3. The van der Waals surface area contributed by atoms with Gasteiger partial charge in [0.1, 0.15) is 0 Å². The normalized spacial score (nSPS) is 21.7. The van der Waals surface area contributed by atoms with Gasteiger partial charge in [0.25, 0.3) is 0 Å². The molecule has 0 spiro atoms. The highest BCUT2D eigenvalue weighted by Crippen LogP contribution is 2.31. The van der Waals surface area contributed by atoms with E-state index in [9.17, 15) is 0 Å². The number of hydrogen-bond acceptors (Lipinski definition) is 3. The number of aliphatic imine (C=N–C) groups is 2. The third-order valence-corrected chi connectivity index (χ3v) is 2.82. The Morgan fingerprint density at radius 2 is 2.19 bits per heavy atom. The summed E-state index contributed by atoms with van der Waals surface area (Å²) in [5.74, 6) is 0.252. The summed E-state index contributed by atoms with van der Waals surface area (Å²) < 4.78 is 0. The second-order valence-corrected chi connectivity index (χ2v) is 3.92. The summed E-state index contributed by atoms with van der Waals surface area (Å²) in [5, 5.41) is 0. The third kappa shape index (κ3) is 1.41. The van der Waals surface area contributed by atoms with Crippen LogP contribution in [0, 0.1) is 12.8 Å². The molecule has 2 aliphatic heterocycles. The molecule has 2 aliphatic rings. The summed E-state index contributed by atoms with van der Waals surface area (Å²) in [6.07, 6.45) is 9.52. The lowest BCUT2D eigenvalue weighted by molar-refractivity contribution is 1.14. The zero-order valence-corrected chi connectivity index (χ0v) is 8.96. The first-order valence-electron chi connectivity index (χ1n) is 5.25. The molecule has 1 atom stereocenters. The molecule has 78 valence electrons.